The monoisotopic (exact) mass is 500 g/mol. The lowest BCUT2D eigenvalue weighted by Crippen LogP contribution is -2.16. The van der Waals surface area contributed by atoms with Gasteiger partial charge in [-0.3, -0.25) is 9.44 Å². The summed E-state index contributed by atoms with van der Waals surface area (Å²) in [4.78, 5) is 0.260. The summed E-state index contributed by atoms with van der Waals surface area (Å²) in [6.07, 6.45) is 0. The second-order valence-electron chi connectivity index (χ2n) is 10.3. The van der Waals surface area contributed by atoms with Crippen molar-refractivity contribution in [2.45, 2.75) is 62.2 Å². The van der Waals surface area contributed by atoms with Crippen molar-refractivity contribution in [2.24, 2.45) is 0 Å². The molecule has 0 radical (unpaired) electrons. The highest BCUT2D eigenvalue weighted by molar-refractivity contribution is 7.93. The zero-order valence-electron chi connectivity index (χ0n) is 20.4. The van der Waals surface area contributed by atoms with Crippen molar-refractivity contribution in [3.8, 4) is 0 Å². The molecule has 0 heterocycles. The molecule has 0 bridgehead atoms. The standard InChI is InChI=1S/C26H32N2O4S2/c1-25(2,3)19-10-14-23(15-11-19)33(29,30)27-21-8-7-9-22(18-21)28-34(31,32)24-16-12-20(13-17-24)26(4,5)6/h7-18,27-28H,1-6H3. The molecule has 34 heavy (non-hydrogen) atoms. The summed E-state index contributed by atoms with van der Waals surface area (Å²) >= 11 is 0. The Kier molecular flexibility index (Phi) is 6.88. The summed E-state index contributed by atoms with van der Waals surface area (Å²) in [5, 5.41) is 0. The van der Waals surface area contributed by atoms with Crippen molar-refractivity contribution in [1.82, 2.24) is 0 Å². The fraction of sp³-hybridized carbons (Fsp3) is 0.308. The van der Waals surface area contributed by atoms with Crippen LogP contribution in [0.1, 0.15) is 52.7 Å². The van der Waals surface area contributed by atoms with Gasteiger partial charge in [0, 0.05) is 0 Å². The Labute approximate surface area is 203 Å². The maximum absolute atomic E-state index is 12.8. The van der Waals surface area contributed by atoms with E-state index in [1.165, 1.54) is 6.07 Å². The smallest absolute Gasteiger partial charge is 0.261 e. The summed E-state index contributed by atoms with van der Waals surface area (Å²) in [6, 6.07) is 19.6. The minimum atomic E-state index is -3.83. The number of rotatable bonds is 6. The van der Waals surface area contributed by atoms with Gasteiger partial charge < -0.3 is 0 Å². The van der Waals surface area contributed by atoms with Crippen molar-refractivity contribution in [2.75, 3.05) is 9.44 Å². The maximum Gasteiger partial charge on any atom is 0.261 e. The number of nitrogens with one attached hydrogen (secondary N) is 2. The van der Waals surface area contributed by atoms with Gasteiger partial charge in [0.1, 0.15) is 0 Å². The van der Waals surface area contributed by atoms with E-state index in [9.17, 15) is 16.8 Å². The van der Waals surface area contributed by atoms with E-state index in [-0.39, 0.29) is 32.0 Å². The number of hydrogen-bond donors (Lipinski definition) is 2. The Morgan fingerprint density at radius 3 is 1.15 bits per heavy atom. The van der Waals surface area contributed by atoms with Gasteiger partial charge in [0.2, 0.25) is 0 Å². The first-order valence-corrected chi connectivity index (χ1v) is 13.9. The van der Waals surface area contributed by atoms with Gasteiger partial charge in [-0.2, -0.15) is 0 Å². The van der Waals surface area contributed by atoms with E-state index >= 15 is 0 Å². The molecule has 0 spiro atoms. The van der Waals surface area contributed by atoms with Crippen molar-refractivity contribution in [1.29, 1.82) is 0 Å². The molecule has 2 N–H and O–H groups in total. The lowest BCUT2D eigenvalue weighted by molar-refractivity contribution is 0.587. The maximum atomic E-state index is 12.8. The Bertz CT molecular complexity index is 1260. The highest BCUT2D eigenvalue weighted by Crippen LogP contribution is 2.27. The van der Waals surface area contributed by atoms with E-state index in [2.05, 4.69) is 51.0 Å². The summed E-state index contributed by atoms with van der Waals surface area (Å²) in [5.41, 5.74) is 2.38. The topological polar surface area (TPSA) is 92.3 Å². The van der Waals surface area contributed by atoms with Gasteiger partial charge in [0.25, 0.3) is 20.0 Å². The van der Waals surface area contributed by atoms with Crippen LogP contribution in [-0.2, 0) is 30.9 Å². The van der Waals surface area contributed by atoms with Crippen LogP contribution in [0.5, 0.6) is 0 Å². The highest BCUT2D eigenvalue weighted by Gasteiger charge is 2.20. The van der Waals surface area contributed by atoms with Crippen LogP contribution in [0.25, 0.3) is 0 Å². The number of hydrogen-bond acceptors (Lipinski definition) is 4. The van der Waals surface area contributed by atoms with E-state index in [1.54, 1.807) is 66.7 Å². The third kappa shape index (κ3) is 6.18. The molecule has 0 aliphatic carbocycles. The molecule has 0 aliphatic heterocycles. The van der Waals surface area contributed by atoms with Gasteiger partial charge in [-0.15, -0.1) is 0 Å². The minimum absolute atomic E-state index is 0.0890. The van der Waals surface area contributed by atoms with Crippen molar-refractivity contribution < 1.29 is 16.8 Å². The first-order valence-electron chi connectivity index (χ1n) is 10.9. The molecule has 0 aromatic heterocycles. The Hall–Kier alpha value is -2.84. The average Bonchev–Trinajstić information content (AvgIpc) is 2.72. The fourth-order valence-corrected chi connectivity index (χ4v) is 5.44. The second kappa shape index (κ2) is 9.07. The van der Waals surface area contributed by atoms with Gasteiger partial charge in [0.05, 0.1) is 21.2 Å². The predicted molar refractivity (Wildman–Crippen MR) is 138 cm³/mol. The lowest BCUT2D eigenvalue weighted by Gasteiger charge is -2.19. The van der Waals surface area contributed by atoms with Crippen LogP contribution in [0.2, 0.25) is 0 Å². The molecule has 0 atom stereocenters. The Morgan fingerprint density at radius 2 is 0.853 bits per heavy atom. The molecule has 0 aliphatic rings. The summed E-state index contributed by atoms with van der Waals surface area (Å²) < 4.78 is 56.4. The first kappa shape index (κ1) is 25.8. The van der Waals surface area contributed by atoms with Crippen LogP contribution in [-0.4, -0.2) is 16.8 Å². The van der Waals surface area contributed by atoms with Gasteiger partial charge >= 0.3 is 0 Å². The quantitative estimate of drug-likeness (QED) is 0.442. The van der Waals surface area contributed by atoms with Crippen molar-refractivity contribution >= 4 is 31.4 Å². The number of anilines is 2. The Morgan fingerprint density at radius 1 is 0.529 bits per heavy atom. The third-order valence-electron chi connectivity index (χ3n) is 5.43. The van der Waals surface area contributed by atoms with Gasteiger partial charge in [0.15, 0.2) is 0 Å². The van der Waals surface area contributed by atoms with E-state index in [0.717, 1.165) is 11.1 Å². The van der Waals surface area contributed by atoms with Gasteiger partial charge in [-0.1, -0.05) is 71.9 Å². The molecule has 3 aromatic rings. The van der Waals surface area contributed by atoms with Crippen LogP contribution >= 0.6 is 0 Å². The van der Waals surface area contributed by atoms with Crippen LogP contribution in [0.3, 0.4) is 0 Å². The predicted octanol–water partition coefficient (Wildman–Crippen LogP) is 5.88. The molecular weight excluding hydrogens is 468 g/mol. The van der Waals surface area contributed by atoms with Crippen LogP contribution < -0.4 is 9.44 Å². The molecule has 0 amide bonds. The van der Waals surface area contributed by atoms with Gasteiger partial charge in [-0.05, 0) is 64.4 Å². The number of benzene rings is 3. The highest BCUT2D eigenvalue weighted by atomic mass is 32.2. The molecule has 0 unspecified atom stereocenters. The average molecular weight is 501 g/mol. The Balaban J connectivity index is 1.79. The van der Waals surface area contributed by atoms with E-state index < -0.39 is 20.0 Å². The summed E-state index contributed by atoms with van der Waals surface area (Å²) in [6.45, 7) is 12.3. The summed E-state index contributed by atoms with van der Waals surface area (Å²) in [5.74, 6) is 0. The summed E-state index contributed by atoms with van der Waals surface area (Å²) in [7, 11) is -7.67. The van der Waals surface area contributed by atoms with E-state index in [0.29, 0.717) is 0 Å². The van der Waals surface area contributed by atoms with E-state index in [1.807, 2.05) is 0 Å². The fourth-order valence-electron chi connectivity index (χ4n) is 3.34. The molecule has 0 saturated carbocycles. The third-order valence-corrected chi connectivity index (χ3v) is 8.22. The molecular formula is C26H32N2O4S2. The SMILES string of the molecule is CC(C)(C)c1ccc(S(=O)(=O)Nc2cccc(NS(=O)(=O)c3ccc(C(C)(C)C)cc3)c2)cc1. The minimum Gasteiger partial charge on any atom is -0.280 e. The zero-order chi connectivity index (χ0) is 25.4. The molecule has 3 rings (SSSR count). The van der Waals surface area contributed by atoms with Crippen LogP contribution in [0.15, 0.2) is 82.6 Å². The molecule has 182 valence electrons. The molecule has 0 saturated heterocycles. The molecule has 8 heteroatoms. The second-order valence-corrected chi connectivity index (χ2v) is 13.7. The van der Waals surface area contributed by atoms with Crippen LogP contribution in [0.4, 0.5) is 11.4 Å². The lowest BCUT2D eigenvalue weighted by atomic mass is 9.87. The van der Waals surface area contributed by atoms with Crippen molar-refractivity contribution in [3.05, 3.63) is 83.9 Å². The van der Waals surface area contributed by atoms with Crippen molar-refractivity contribution in [3.63, 3.8) is 0 Å². The number of sulfonamides is 2. The van der Waals surface area contributed by atoms with Crippen LogP contribution in [0, 0.1) is 0 Å². The molecule has 0 fully saturated rings. The molecule has 3 aromatic carbocycles. The molecule has 6 nitrogen and oxygen atoms in total. The van der Waals surface area contributed by atoms with E-state index in [4.69, 9.17) is 0 Å². The first-order chi connectivity index (χ1) is 15.6. The largest absolute Gasteiger partial charge is 0.280 e. The normalized spacial score (nSPS) is 12.9. The zero-order valence-corrected chi connectivity index (χ0v) is 22.0. The van der Waals surface area contributed by atoms with Gasteiger partial charge in [-0.25, -0.2) is 16.8 Å².